The number of benzene rings is 1. The van der Waals surface area contributed by atoms with E-state index in [4.69, 9.17) is 0 Å². The van der Waals surface area contributed by atoms with Crippen molar-refractivity contribution in [3.05, 3.63) is 28.5 Å². The number of hydrogen-bond donors (Lipinski definition) is 1. The molecule has 0 radical (unpaired) electrons. The van der Waals surface area contributed by atoms with Crippen molar-refractivity contribution in [2.24, 2.45) is 11.8 Å². The lowest BCUT2D eigenvalue weighted by Gasteiger charge is -2.24. The van der Waals surface area contributed by atoms with Crippen molar-refractivity contribution in [1.29, 1.82) is 0 Å². The minimum absolute atomic E-state index is 0.147. The van der Waals surface area contributed by atoms with Crippen LogP contribution in [0.2, 0.25) is 0 Å². The van der Waals surface area contributed by atoms with E-state index in [1.54, 1.807) is 6.07 Å². The second kappa shape index (κ2) is 4.02. The molecule has 86 valence electrons. The Kier molecular flexibility index (Phi) is 2.66. The fraction of sp³-hybridized carbons (Fsp3) is 0.538. The summed E-state index contributed by atoms with van der Waals surface area (Å²) in [7, 11) is 0. The first-order valence-electron chi connectivity index (χ1n) is 5.94. The standard InChI is InChI=1S/C13H15BrFN/c14-10-3-4-11(15)13(7-10)16-12-6-8-1-2-9(12)5-8/h3-4,7-9,12,16H,1-2,5-6H2. The summed E-state index contributed by atoms with van der Waals surface area (Å²) in [6.07, 6.45) is 5.26. The summed E-state index contributed by atoms with van der Waals surface area (Å²) in [5.41, 5.74) is 0.645. The number of anilines is 1. The van der Waals surface area contributed by atoms with Crippen molar-refractivity contribution in [1.82, 2.24) is 0 Å². The van der Waals surface area contributed by atoms with Gasteiger partial charge in [-0.1, -0.05) is 22.4 Å². The van der Waals surface area contributed by atoms with Crippen LogP contribution in [-0.2, 0) is 0 Å². The van der Waals surface area contributed by atoms with Crippen molar-refractivity contribution in [3.8, 4) is 0 Å². The van der Waals surface area contributed by atoms with Crippen LogP contribution in [0.5, 0.6) is 0 Å². The Bertz CT molecular complexity index is 407. The highest BCUT2D eigenvalue weighted by molar-refractivity contribution is 9.10. The van der Waals surface area contributed by atoms with Crippen LogP contribution in [-0.4, -0.2) is 6.04 Å². The molecular formula is C13H15BrFN. The first-order valence-corrected chi connectivity index (χ1v) is 6.73. The first kappa shape index (κ1) is 10.6. The molecule has 0 amide bonds. The zero-order valence-electron chi connectivity index (χ0n) is 9.05. The van der Waals surface area contributed by atoms with Gasteiger partial charge in [-0.3, -0.25) is 0 Å². The summed E-state index contributed by atoms with van der Waals surface area (Å²) in [5, 5.41) is 3.38. The minimum atomic E-state index is -0.147. The molecule has 2 bridgehead atoms. The van der Waals surface area contributed by atoms with Crippen LogP contribution in [0.3, 0.4) is 0 Å². The lowest BCUT2D eigenvalue weighted by Crippen LogP contribution is -2.26. The zero-order valence-corrected chi connectivity index (χ0v) is 10.6. The first-order chi connectivity index (χ1) is 7.72. The molecule has 2 saturated carbocycles. The maximum absolute atomic E-state index is 13.6. The largest absolute Gasteiger partial charge is 0.380 e. The molecule has 0 heterocycles. The molecule has 1 N–H and O–H groups in total. The SMILES string of the molecule is Fc1ccc(Br)cc1NC1CC2CCC1C2. The van der Waals surface area contributed by atoms with Crippen molar-refractivity contribution in [2.75, 3.05) is 5.32 Å². The van der Waals surface area contributed by atoms with E-state index in [1.807, 2.05) is 6.07 Å². The Balaban J connectivity index is 1.76. The van der Waals surface area contributed by atoms with Crippen LogP contribution in [0.15, 0.2) is 22.7 Å². The van der Waals surface area contributed by atoms with Crippen LogP contribution < -0.4 is 5.32 Å². The van der Waals surface area contributed by atoms with Gasteiger partial charge in [0.05, 0.1) is 5.69 Å². The predicted molar refractivity (Wildman–Crippen MR) is 67.0 cm³/mol. The molecule has 2 fully saturated rings. The Morgan fingerprint density at radius 2 is 2.12 bits per heavy atom. The van der Waals surface area contributed by atoms with E-state index in [9.17, 15) is 4.39 Å². The van der Waals surface area contributed by atoms with Gasteiger partial charge >= 0.3 is 0 Å². The third kappa shape index (κ3) is 1.86. The van der Waals surface area contributed by atoms with Gasteiger partial charge in [0.15, 0.2) is 0 Å². The molecule has 16 heavy (non-hydrogen) atoms. The summed E-state index contributed by atoms with van der Waals surface area (Å²) in [6.45, 7) is 0. The zero-order chi connectivity index (χ0) is 11.1. The molecule has 3 unspecified atom stereocenters. The average Bonchev–Trinajstić information content (AvgIpc) is 2.85. The van der Waals surface area contributed by atoms with Crippen LogP contribution in [0.1, 0.15) is 25.7 Å². The summed E-state index contributed by atoms with van der Waals surface area (Å²) in [6, 6.07) is 5.57. The lowest BCUT2D eigenvalue weighted by atomic mass is 9.95. The van der Waals surface area contributed by atoms with E-state index in [0.717, 1.165) is 16.3 Å². The maximum atomic E-state index is 13.6. The Morgan fingerprint density at radius 3 is 2.81 bits per heavy atom. The van der Waals surface area contributed by atoms with E-state index in [0.29, 0.717) is 11.7 Å². The number of rotatable bonds is 2. The van der Waals surface area contributed by atoms with Crippen LogP contribution in [0, 0.1) is 17.7 Å². The molecular weight excluding hydrogens is 269 g/mol. The van der Waals surface area contributed by atoms with Crippen molar-refractivity contribution in [3.63, 3.8) is 0 Å². The quantitative estimate of drug-likeness (QED) is 0.858. The minimum Gasteiger partial charge on any atom is -0.380 e. The van der Waals surface area contributed by atoms with Gasteiger partial charge in [0, 0.05) is 10.5 Å². The molecule has 1 aromatic rings. The maximum Gasteiger partial charge on any atom is 0.146 e. The Labute approximate surface area is 104 Å². The highest BCUT2D eigenvalue weighted by Crippen LogP contribution is 2.45. The number of hydrogen-bond acceptors (Lipinski definition) is 1. The number of halogens is 2. The molecule has 0 spiro atoms. The topological polar surface area (TPSA) is 12.0 Å². The van der Waals surface area contributed by atoms with Gasteiger partial charge in [-0.15, -0.1) is 0 Å². The molecule has 0 aliphatic heterocycles. The third-order valence-corrected chi connectivity index (χ3v) is 4.50. The molecule has 3 atom stereocenters. The predicted octanol–water partition coefficient (Wildman–Crippen LogP) is 4.19. The van der Waals surface area contributed by atoms with Gasteiger partial charge in [0.1, 0.15) is 5.82 Å². The van der Waals surface area contributed by atoms with Crippen LogP contribution >= 0.6 is 15.9 Å². The van der Waals surface area contributed by atoms with Crippen LogP contribution in [0.25, 0.3) is 0 Å². The average molecular weight is 284 g/mol. The highest BCUT2D eigenvalue weighted by atomic mass is 79.9. The molecule has 3 rings (SSSR count). The smallest absolute Gasteiger partial charge is 0.146 e. The van der Waals surface area contributed by atoms with E-state index in [2.05, 4.69) is 21.2 Å². The molecule has 3 heteroatoms. The van der Waals surface area contributed by atoms with Crippen molar-refractivity contribution < 1.29 is 4.39 Å². The fourth-order valence-electron chi connectivity index (χ4n) is 3.23. The highest BCUT2D eigenvalue weighted by Gasteiger charge is 2.39. The summed E-state index contributed by atoms with van der Waals surface area (Å²) in [5.74, 6) is 1.51. The summed E-state index contributed by atoms with van der Waals surface area (Å²) < 4.78 is 14.5. The number of nitrogens with one attached hydrogen (secondary N) is 1. The van der Waals surface area contributed by atoms with Crippen molar-refractivity contribution >= 4 is 21.6 Å². The molecule has 1 aromatic carbocycles. The molecule has 1 nitrogen and oxygen atoms in total. The van der Waals surface area contributed by atoms with Gasteiger partial charge < -0.3 is 5.32 Å². The Hall–Kier alpha value is -0.570. The second-order valence-electron chi connectivity index (χ2n) is 5.05. The van der Waals surface area contributed by atoms with Crippen molar-refractivity contribution in [2.45, 2.75) is 31.7 Å². The molecule has 2 aliphatic rings. The van der Waals surface area contributed by atoms with Gasteiger partial charge in [-0.05, 0) is 49.3 Å². The fourth-order valence-corrected chi connectivity index (χ4v) is 3.59. The third-order valence-electron chi connectivity index (χ3n) is 4.01. The Morgan fingerprint density at radius 1 is 1.25 bits per heavy atom. The van der Waals surface area contributed by atoms with Crippen LogP contribution in [0.4, 0.5) is 10.1 Å². The molecule has 0 aromatic heterocycles. The van der Waals surface area contributed by atoms with Gasteiger partial charge in [-0.2, -0.15) is 0 Å². The number of fused-ring (bicyclic) bond motifs is 2. The van der Waals surface area contributed by atoms with E-state index in [1.165, 1.54) is 31.7 Å². The summed E-state index contributed by atoms with van der Waals surface area (Å²) in [4.78, 5) is 0. The monoisotopic (exact) mass is 283 g/mol. The summed E-state index contributed by atoms with van der Waals surface area (Å²) >= 11 is 3.38. The van der Waals surface area contributed by atoms with E-state index >= 15 is 0 Å². The normalized spacial score (nSPS) is 32.0. The molecule has 2 aliphatic carbocycles. The second-order valence-corrected chi connectivity index (χ2v) is 5.97. The van der Waals surface area contributed by atoms with Gasteiger partial charge in [-0.25, -0.2) is 4.39 Å². The van der Waals surface area contributed by atoms with E-state index in [-0.39, 0.29) is 5.82 Å². The molecule has 0 saturated heterocycles. The lowest BCUT2D eigenvalue weighted by molar-refractivity contribution is 0.438. The van der Waals surface area contributed by atoms with Gasteiger partial charge in [0.2, 0.25) is 0 Å². The van der Waals surface area contributed by atoms with E-state index < -0.39 is 0 Å². The van der Waals surface area contributed by atoms with Gasteiger partial charge in [0.25, 0.3) is 0 Å².